The number of ether oxygens (including phenoxy) is 1. The summed E-state index contributed by atoms with van der Waals surface area (Å²) >= 11 is 3.53. The van der Waals surface area contributed by atoms with E-state index in [9.17, 15) is 0 Å². The van der Waals surface area contributed by atoms with Crippen LogP contribution in [0.5, 0.6) is 5.75 Å². The van der Waals surface area contributed by atoms with Crippen molar-refractivity contribution < 1.29 is 4.74 Å². The minimum atomic E-state index is -0.569. The minimum Gasteiger partial charge on any atom is -0.462 e. The van der Waals surface area contributed by atoms with E-state index in [1.807, 2.05) is 0 Å². The molecule has 2 aliphatic rings. The van der Waals surface area contributed by atoms with Crippen LogP contribution in [-0.4, -0.2) is 12.8 Å². The number of nitrogens with zero attached hydrogens (tertiary/aromatic N) is 1. The van der Waals surface area contributed by atoms with Crippen molar-refractivity contribution in [3.8, 4) is 26.6 Å². The summed E-state index contributed by atoms with van der Waals surface area (Å²) in [4.78, 5) is 4.81. The lowest BCUT2D eigenvalue weighted by Gasteiger charge is -2.46. The van der Waals surface area contributed by atoms with Crippen LogP contribution < -0.4 is 9.64 Å². The molecule has 0 aliphatic carbocycles. The number of fused-ring (bicyclic) bond motifs is 2. The predicted molar refractivity (Wildman–Crippen MR) is 133 cm³/mol. The molecule has 4 heterocycles. The summed E-state index contributed by atoms with van der Waals surface area (Å²) < 4.78 is 7.07. The fourth-order valence-electron chi connectivity index (χ4n) is 5.08. The van der Waals surface area contributed by atoms with Crippen LogP contribution in [0.3, 0.4) is 0 Å². The summed E-state index contributed by atoms with van der Waals surface area (Å²) in [6.07, 6.45) is 4.52. The Morgan fingerprint density at radius 2 is 1.61 bits per heavy atom. The molecule has 1 spiro atoms. The maximum absolute atomic E-state index is 7.07. The standard InChI is InChI=1S/C27H23NOS2/c1-26(2)21-8-4-5-9-22(21)28(3)27(26)13-12-18-16-19(23-10-6-14-30-23)17-20(25(18)29-27)24-11-7-15-31-24/h4-17H,1-3H3. The molecule has 0 amide bonds. The van der Waals surface area contributed by atoms with E-state index in [0.717, 1.165) is 11.3 Å². The van der Waals surface area contributed by atoms with Gasteiger partial charge >= 0.3 is 0 Å². The number of thiophene rings is 2. The number of para-hydroxylation sites is 1. The molecule has 1 unspecified atom stereocenters. The van der Waals surface area contributed by atoms with Gasteiger partial charge in [0.25, 0.3) is 0 Å². The van der Waals surface area contributed by atoms with Crippen LogP contribution in [-0.2, 0) is 5.41 Å². The van der Waals surface area contributed by atoms with Gasteiger partial charge in [0, 0.05) is 33.6 Å². The zero-order chi connectivity index (χ0) is 21.2. The van der Waals surface area contributed by atoms with Crippen molar-refractivity contribution in [3.63, 3.8) is 0 Å². The Morgan fingerprint density at radius 1 is 0.871 bits per heavy atom. The fraction of sp³-hybridized carbons (Fsp3) is 0.185. The first-order chi connectivity index (χ1) is 15.0. The molecule has 6 rings (SSSR count). The van der Waals surface area contributed by atoms with E-state index in [-0.39, 0.29) is 5.41 Å². The maximum Gasteiger partial charge on any atom is 0.211 e. The monoisotopic (exact) mass is 441 g/mol. The molecule has 2 aromatic heterocycles. The first-order valence-electron chi connectivity index (χ1n) is 10.5. The largest absolute Gasteiger partial charge is 0.462 e. The van der Waals surface area contributed by atoms with Gasteiger partial charge < -0.3 is 9.64 Å². The molecule has 0 bridgehead atoms. The minimum absolute atomic E-state index is 0.203. The number of benzene rings is 2. The Kier molecular flexibility index (Phi) is 4.02. The van der Waals surface area contributed by atoms with E-state index in [1.54, 1.807) is 22.7 Å². The van der Waals surface area contributed by atoms with Gasteiger partial charge in [-0.15, -0.1) is 22.7 Å². The first-order valence-corrected chi connectivity index (χ1v) is 12.2. The van der Waals surface area contributed by atoms with Crippen molar-refractivity contribution in [1.29, 1.82) is 0 Å². The Hall–Kier alpha value is -2.82. The van der Waals surface area contributed by atoms with E-state index in [1.165, 1.54) is 32.1 Å². The molecule has 2 aliphatic heterocycles. The lowest BCUT2D eigenvalue weighted by atomic mass is 9.76. The van der Waals surface area contributed by atoms with Crippen LogP contribution in [0.25, 0.3) is 27.0 Å². The summed E-state index contributed by atoms with van der Waals surface area (Å²) in [7, 11) is 2.15. The molecule has 0 N–H and O–H groups in total. The molecule has 4 heteroatoms. The number of rotatable bonds is 2. The van der Waals surface area contributed by atoms with Crippen molar-refractivity contribution in [2.45, 2.75) is 25.0 Å². The van der Waals surface area contributed by atoms with Crippen molar-refractivity contribution in [3.05, 3.63) is 88.6 Å². The quantitative estimate of drug-likeness (QED) is 0.316. The molecular weight excluding hydrogens is 418 g/mol. The summed E-state index contributed by atoms with van der Waals surface area (Å²) in [5.74, 6) is 0.970. The van der Waals surface area contributed by atoms with E-state index < -0.39 is 5.72 Å². The van der Waals surface area contributed by atoms with Gasteiger partial charge in [-0.05, 0) is 78.2 Å². The lowest BCUT2D eigenvalue weighted by molar-refractivity contribution is 0.0588. The van der Waals surface area contributed by atoms with Crippen LogP contribution in [0, 0.1) is 0 Å². The van der Waals surface area contributed by atoms with Gasteiger partial charge in [0.2, 0.25) is 5.72 Å². The van der Waals surface area contributed by atoms with Crippen molar-refractivity contribution >= 4 is 34.4 Å². The summed E-state index contributed by atoms with van der Waals surface area (Å²) in [6, 6.07) is 21.8. The Balaban J connectivity index is 1.56. The number of likely N-dealkylation sites (N-methyl/N-ethyl adjacent to an activating group) is 1. The molecule has 31 heavy (non-hydrogen) atoms. The van der Waals surface area contributed by atoms with E-state index >= 15 is 0 Å². The van der Waals surface area contributed by atoms with Crippen LogP contribution >= 0.6 is 22.7 Å². The third kappa shape index (κ3) is 2.55. The molecule has 0 fully saturated rings. The first kappa shape index (κ1) is 18.9. The van der Waals surface area contributed by atoms with Crippen molar-refractivity contribution in [2.75, 3.05) is 11.9 Å². The molecule has 4 aromatic rings. The van der Waals surface area contributed by atoms with Gasteiger partial charge in [0.05, 0.1) is 5.41 Å². The highest BCUT2D eigenvalue weighted by Gasteiger charge is 2.57. The third-order valence-corrected chi connectivity index (χ3v) is 8.61. The summed E-state index contributed by atoms with van der Waals surface area (Å²) in [6.45, 7) is 4.57. The van der Waals surface area contributed by atoms with E-state index in [0.29, 0.717) is 0 Å². The summed E-state index contributed by atoms with van der Waals surface area (Å²) in [5, 5.41) is 4.27. The summed E-state index contributed by atoms with van der Waals surface area (Å²) in [5.41, 5.74) is 5.32. The van der Waals surface area contributed by atoms with Gasteiger partial charge in [-0.25, -0.2) is 0 Å². The van der Waals surface area contributed by atoms with Gasteiger partial charge in [-0.2, -0.15) is 0 Å². The van der Waals surface area contributed by atoms with Crippen LogP contribution in [0.15, 0.2) is 77.5 Å². The van der Waals surface area contributed by atoms with Gasteiger partial charge in [-0.3, -0.25) is 0 Å². The number of hydrogen-bond acceptors (Lipinski definition) is 4. The van der Waals surface area contributed by atoms with Gasteiger partial charge in [0.1, 0.15) is 5.75 Å². The molecule has 0 saturated heterocycles. The third-order valence-electron chi connectivity index (χ3n) is 6.79. The topological polar surface area (TPSA) is 12.5 Å². The second-order valence-electron chi connectivity index (χ2n) is 8.73. The highest BCUT2D eigenvalue weighted by Crippen LogP contribution is 2.56. The van der Waals surface area contributed by atoms with Crippen molar-refractivity contribution in [1.82, 2.24) is 0 Å². The fourth-order valence-corrected chi connectivity index (χ4v) is 6.54. The highest BCUT2D eigenvalue weighted by atomic mass is 32.1. The Bertz CT molecular complexity index is 1300. The molecular formula is C27H23NOS2. The predicted octanol–water partition coefficient (Wildman–Crippen LogP) is 7.67. The van der Waals surface area contributed by atoms with E-state index in [2.05, 4.69) is 109 Å². The van der Waals surface area contributed by atoms with Gasteiger partial charge in [0.15, 0.2) is 0 Å². The second kappa shape index (κ2) is 6.59. The molecule has 0 saturated carbocycles. The normalized spacial score (nSPS) is 20.5. The second-order valence-corrected chi connectivity index (χ2v) is 10.6. The molecule has 0 radical (unpaired) electrons. The molecule has 2 aromatic carbocycles. The average Bonchev–Trinajstić information content (AvgIpc) is 3.53. The number of hydrogen-bond donors (Lipinski definition) is 0. The lowest BCUT2D eigenvalue weighted by Crippen LogP contribution is -2.58. The SMILES string of the molecule is CN1c2ccccc2C(C)(C)C12C=Cc1cc(-c3cccs3)cc(-c3cccs3)c1O2. The maximum atomic E-state index is 7.07. The zero-order valence-corrected chi connectivity index (χ0v) is 19.4. The van der Waals surface area contributed by atoms with Crippen LogP contribution in [0.2, 0.25) is 0 Å². The average molecular weight is 442 g/mol. The van der Waals surface area contributed by atoms with Gasteiger partial charge in [-0.1, -0.05) is 30.3 Å². The Morgan fingerprint density at radius 3 is 2.32 bits per heavy atom. The van der Waals surface area contributed by atoms with E-state index in [4.69, 9.17) is 4.74 Å². The number of anilines is 1. The smallest absolute Gasteiger partial charge is 0.211 e. The van der Waals surface area contributed by atoms with Crippen molar-refractivity contribution in [2.24, 2.45) is 0 Å². The Labute approximate surface area is 191 Å². The highest BCUT2D eigenvalue weighted by molar-refractivity contribution is 7.14. The van der Waals surface area contributed by atoms with Crippen LogP contribution in [0.4, 0.5) is 5.69 Å². The van der Waals surface area contributed by atoms with Crippen LogP contribution in [0.1, 0.15) is 25.0 Å². The molecule has 2 nitrogen and oxygen atoms in total. The molecule has 154 valence electrons. The molecule has 1 atom stereocenters. The zero-order valence-electron chi connectivity index (χ0n) is 17.8.